The molecule has 2 heterocycles. The van der Waals surface area contributed by atoms with Crippen LogP contribution in [0.15, 0.2) is 18.2 Å². The third-order valence-electron chi connectivity index (χ3n) is 3.92. The molecule has 27 heavy (non-hydrogen) atoms. The van der Waals surface area contributed by atoms with Gasteiger partial charge in [0.25, 0.3) is 0 Å². The van der Waals surface area contributed by atoms with Gasteiger partial charge in [-0.2, -0.15) is 13.2 Å². The normalized spacial score (nSPS) is 19.9. The Balaban J connectivity index is 1.66. The number of ether oxygens (including phenoxy) is 2. The summed E-state index contributed by atoms with van der Waals surface area (Å²) in [5.41, 5.74) is 0.0706. The van der Waals surface area contributed by atoms with E-state index in [1.54, 1.807) is 5.32 Å². The highest BCUT2D eigenvalue weighted by Crippen LogP contribution is 2.29. The number of amides is 3. The molecule has 3 rings (SSSR count). The number of anilines is 2. The zero-order chi connectivity index (χ0) is 19.8. The molecule has 146 valence electrons. The van der Waals surface area contributed by atoms with Crippen molar-refractivity contribution < 1.29 is 41.4 Å². The number of hydrogen-bond donors (Lipinski definition) is 1. The smallest absolute Gasteiger partial charge is 0.447 e. The van der Waals surface area contributed by atoms with Crippen LogP contribution in [0.4, 0.5) is 38.5 Å². The molecule has 1 N–H and O–H groups in total. The fourth-order valence-electron chi connectivity index (χ4n) is 2.64. The molecule has 0 unspecified atom stereocenters. The Morgan fingerprint density at radius 2 is 1.96 bits per heavy atom. The monoisotopic (exact) mass is 391 g/mol. The third-order valence-corrected chi connectivity index (χ3v) is 3.92. The lowest BCUT2D eigenvalue weighted by molar-refractivity contribution is -0.173. The van der Waals surface area contributed by atoms with E-state index in [0.29, 0.717) is 0 Å². The molecule has 0 saturated carbocycles. The molecule has 12 heteroatoms. The van der Waals surface area contributed by atoms with Gasteiger partial charge in [0.1, 0.15) is 18.5 Å². The quantitative estimate of drug-likeness (QED) is 0.791. The number of rotatable bonds is 4. The van der Waals surface area contributed by atoms with E-state index in [2.05, 4.69) is 0 Å². The standard InChI is InChI=1S/C15H13F4N3O5/c16-10-5-8(1-2-11(10)21-3-4-26-13(21)24)22-7-9(27-14(22)25)6-20-12(23)15(17,18)19/h1-2,5,9H,3-4,6-7H2,(H,20,23)/t9-/m1/s1. The number of nitrogens with one attached hydrogen (secondary N) is 1. The molecule has 0 aliphatic carbocycles. The molecule has 1 atom stereocenters. The van der Waals surface area contributed by atoms with Crippen LogP contribution in [0, 0.1) is 5.82 Å². The van der Waals surface area contributed by atoms with Crippen molar-refractivity contribution in [2.45, 2.75) is 12.3 Å². The number of hydrogen-bond acceptors (Lipinski definition) is 5. The molecule has 2 aliphatic rings. The summed E-state index contributed by atoms with van der Waals surface area (Å²) in [5.74, 6) is -2.93. The minimum absolute atomic E-state index is 0.0252. The first-order valence-corrected chi connectivity index (χ1v) is 7.74. The number of halogens is 4. The van der Waals surface area contributed by atoms with Crippen molar-refractivity contribution in [3.05, 3.63) is 24.0 Å². The number of carbonyl (C=O) groups is 3. The largest absolute Gasteiger partial charge is 0.471 e. The van der Waals surface area contributed by atoms with E-state index in [-0.39, 0.29) is 31.1 Å². The van der Waals surface area contributed by atoms with E-state index in [0.717, 1.165) is 15.9 Å². The zero-order valence-corrected chi connectivity index (χ0v) is 13.6. The lowest BCUT2D eigenvalue weighted by atomic mass is 10.2. The summed E-state index contributed by atoms with van der Waals surface area (Å²) >= 11 is 0. The molecule has 0 aromatic heterocycles. The molecule has 0 spiro atoms. The summed E-state index contributed by atoms with van der Waals surface area (Å²) in [7, 11) is 0. The van der Waals surface area contributed by atoms with E-state index in [1.807, 2.05) is 0 Å². The molecular formula is C15H13F4N3O5. The number of alkyl halides is 3. The van der Waals surface area contributed by atoms with Crippen molar-refractivity contribution in [3.8, 4) is 0 Å². The molecule has 0 radical (unpaired) electrons. The van der Waals surface area contributed by atoms with Gasteiger partial charge in [-0.15, -0.1) is 0 Å². The average Bonchev–Trinajstić information content (AvgIpc) is 3.17. The zero-order valence-electron chi connectivity index (χ0n) is 13.6. The fraction of sp³-hybridized carbons (Fsp3) is 0.400. The van der Waals surface area contributed by atoms with E-state index in [1.165, 1.54) is 12.1 Å². The maximum Gasteiger partial charge on any atom is 0.471 e. The second-order valence-electron chi connectivity index (χ2n) is 5.73. The summed E-state index contributed by atoms with van der Waals surface area (Å²) < 4.78 is 60.4. The van der Waals surface area contributed by atoms with Crippen LogP contribution in [-0.2, 0) is 14.3 Å². The molecule has 0 bridgehead atoms. The molecule has 3 amide bonds. The van der Waals surface area contributed by atoms with Crippen molar-refractivity contribution in [1.29, 1.82) is 0 Å². The first-order valence-electron chi connectivity index (χ1n) is 7.74. The summed E-state index contributed by atoms with van der Waals surface area (Å²) in [6, 6.07) is 3.64. The van der Waals surface area contributed by atoms with Crippen molar-refractivity contribution >= 4 is 29.5 Å². The molecular weight excluding hydrogens is 378 g/mol. The fourth-order valence-corrected chi connectivity index (χ4v) is 2.64. The maximum atomic E-state index is 14.3. The van der Waals surface area contributed by atoms with Gasteiger partial charge in [-0.1, -0.05) is 0 Å². The Morgan fingerprint density at radius 1 is 1.22 bits per heavy atom. The molecule has 2 fully saturated rings. The van der Waals surface area contributed by atoms with Gasteiger partial charge in [-0.25, -0.2) is 14.0 Å². The van der Waals surface area contributed by atoms with Crippen LogP contribution in [0.3, 0.4) is 0 Å². The Kier molecular flexibility index (Phi) is 4.81. The van der Waals surface area contributed by atoms with E-state index >= 15 is 0 Å². The number of carbonyl (C=O) groups excluding carboxylic acids is 3. The van der Waals surface area contributed by atoms with Crippen LogP contribution in [0.5, 0.6) is 0 Å². The van der Waals surface area contributed by atoms with Gasteiger partial charge in [-0.3, -0.25) is 14.6 Å². The molecule has 1 aromatic rings. The van der Waals surface area contributed by atoms with Crippen LogP contribution < -0.4 is 15.1 Å². The number of nitrogens with zero attached hydrogens (tertiary/aromatic N) is 2. The summed E-state index contributed by atoms with van der Waals surface area (Å²) in [6.07, 6.45) is -7.66. The van der Waals surface area contributed by atoms with Crippen LogP contribution >= 0.6 is 0 Å². The summed E-state index contributed by atoms with van der Waals surface area (Å²) in [4.78, 5) is 36.3. The highest BCUT2D eigenvalue weighted by Gasteiger charge is 2.40. The number of benzene rings is 1. The first kappa shape index (κ1) is 18.7. The lowest BCUT2D eigenvalue weighted by Gasteiger charge is -2.17. The van der Waals surface area contributed by atoms with E-state index < -0.39 is 42.7 Å². The predicted octanol–water partition coefficient (Wildman–Crippen LogP) is 1.79. The predicted molar refractivity (Wildman–Crippen MR) is 81.8 cm³/mol. The van der Waals surface area contributed by atoms with E-state index in [4.69, 9.17) is 9.47 Å². The van der Waals surface area contributed by atoms with Crippen molar-refractivity contribution in [2.75, 3.05) is 36.0 Å². The SMILES string of the molecule is O=C1O[C@H](CNC(=O)C(F)(F)F)CN1c1ccc(N2CCOC2=O)c(F)c1. The van der Waals surface area contributed by atoms with Crippen LogP contribution in [0.2, 0.25) is 0 Å². The molecule has 8 nitrogen and oxygen atoms in total. The second kappa shape index (κ2) is 6.93. The summed E-state index contributed by atoms with van der Waals surface area (Å²) in [6.45, 7) is -0.409. The Morgan fingerprint density at radius 3 is 2.56 bits per heavy atom. The minimum atomic E-state index is -5.04. The van der Waals surface area contributed by atoms with Gasteiger partial charge in [0.05, 0.1) is 31.0 Å². The highest BCUT2D eigenvalue weighted by atomic mass is 19.4. The minimum Gasteiger partial charge on any atom is -0.447 e. The van der Waals surface area contributed by atoms with Gasteiger partial charge >= 0.3 is 24.3 Å². The lowest BCUT2D eigenvalue weighted by Crippen LogP contribution is -2.41. The summed E-state index contributed by atoms with van der Waals surface area (Å²) in [5, 5.41) is 1.62. The second-order valence-corrected chi connectivity index (χ2v) is 5.73. The van der Waals surface area contributed by atoms with Gasteiger partial charge in [-0.05, 0) is 18.2 Å². The van der Waals surface area contributed by atoms with E-state index in [9.17, 15) is 31.9 Å². The highest BCUT2D eigenvalue weighted by molar-refractivity contribution is 5.92. The van der Waals surface area contributed by atoms with Crippen molar-refractivity contribution in [2.24, 2.45) is 0 Å². The molecule has 2 saturated heterocycles. The Hall–Kier alpha value is -3.05. The Labute approximate surface area is 149 Å². The number of cyclic esters (lactones) is 2. The topological polar surface area (TPSA) is 88.2 Å². The van der Waals surface area contributed by atoms with Gasteiger partial charge < -0.3 is 14.8 Å². The van der Waals surface area contributed by atoms with Crippen LogP contribution in [0.1, 0.15) is 0 Å². The van der Waals surface area contributed by atoms with Crippen LogP contribution in [0.25, 0.3) is 0 Å². The maximum absolute atomic E-state index is 14.3. The van der Waals surface area contributed by atoms with Gasteiger partial charge in [0.2, 0.25) is 0 Å². The molecule has 1 aromatic carbocycles. The van der Waals surface area contributed by atoms with Crippen molar-refractivity contribution in [3.63, 3.8) is 0 Å². The third kappa shape index (κ3) is 3.88. The Bertz CT molecular complexity index is 785. The van der Waals surface area contributed by atoms with Crippen molar-refractivity contribution in [1.82, 2.24) is 5.32 Å². The first-order chi connectivity index (χ1) is 12.7. The molecule has 2 aliphatic heterocycles. The van der Waals surface area contributed by atoms with Gasteiger partial charge in [0, 0.05) is 0 Å². The van der Waals surface area contributed by atoms with Crippen LogP contribution in [-0.4, -0.2) is 56.6 Å². The van der Waals surface area contributed by atoms with Gasteiger partial charge in [0.15, 0.2) is 0 Å². The average molecular weight is 391 g/mol.